The molecule has 1 aliphatic heterocycles. The normalized spacial score (nSPS) is 20.0. The number of carbonyl (C=O) groups excluding carboxylic acids is 1. The molecule has 104 valence electrons. The van der Waals surface area contributed by atoms with Crippen LogP contribution in [0, 0.1) is 5.92 Å². The van der Waals surface area contributed by atoms with Gasteiger partial charge in [-0.15, -0.1) is 0 Å². The van der Waals surface area contributed by atoms with Crippen LogP contribution in [0.3, 0.4) is 0 Å². The Morgan fingerprint density at radius 3 is 2.63 bits per heavy atom. The summed E-state index contributed by atoms with van der Waals surface area (Å²) in [7, 11) is 1.65. The lowest BCUT2D eigenvalue weighted by atomic mass is 10.1. The molecular formula is C12H13Cl2NO3S. The number of benzene rings is 1. The van der Waals surface area contributed by atoms with Gasteiger partial charge < -0.3 is 4.90 Å². The second-order valence-electron chi connectivity index (χ2n) is 4.64. The molecule has 0 aromatic heterocycles. The lowest BCUT2D eigenvalue weighted by Crippen LogP contribution is -2.25. The minimum atomic E-state index is -3.57. The van der Waals surface area contributed by atoms with Crippen LogP contribution < -0.4 is 0 Å². The summed E-state index contributed by atoms with van der Waals surface area (Å²) in [4.78, 5) is 13.5. The second kappa shape index (κ2) is 5.69. The molecule has 1 aliphatic rings. The van der Waals surface area contributed by atoms with Gasteiger partial charge in [0.25, 0.3) is 0 Å². The quantitative estimate of drug-likeness (QED) is 0.799. The van der Waals surface area contributed by atoms with Crippen molar-refractivity contribution in [3.05, 3.63) is 34.9 Å². The third-order valence-electron chi connectivity index (χ3n) is 3.05. The average molecular weight is 322 g/mol. The van der Waals surface area contributed by atoms with Crippen LogP contribution in [0.2, 0.25) is 5.02 Å². The van der Waals surface area contributed by atoms with Gasteiger partial charge in [0.1, 0.15) is 0 Å². The third kappa shape index (κ3) is 4.09. The van der Waals surface area contributed by atoms with Gasteiger partial charge >= 0.3 is 0 Å². The van der Waals surface area contributed by atoms with E-state index in [0.717, 1.165) is 5.56 Å². The van der Waals surface area contributed by atoms with Gasteiger partial charge in [-0.05, 0) is 11.6 Å². The highest BCUT2D eigenvalue weighted by Gasteiger charge is 2.32. The number of likely N-dealkylation sites (tertiary alicyclic amines) is 1. The molecule has 1 saturated heterocycles. The zero-order valence-electron chi connectivity index (χ0n) is 10.1. The molecule has 0 saturated carbocycles. The maximum atomic E-state index is 11.8. The summed E-state index contributed by atoms with van der Waals surface area (Å²) in [6.45, 7) is 0.799. The Kier molecular flexibility index (Phi) is 4.38. The van der Waals surface area contributed by atoms with E-state index in [-0.39, 0.29) is 24.0 Å². The number of hydrogen-bond donors (Lipinski definition) is 0. The highest BCUT2D eigenvalue weighted by Crippen LogP contribution is 2.24. The number of nitrogens with zero attached hydrogens (tertiary/aromatic N) is 1. The Bertz CT molecular complexity index is 588. The van der Waals surface area contributed by atoms with Gasteiger partial charge in [0, 0.05) is 41.1 Å². The van der Waals surface area contributed by atoms with Crippen molar-refractivity contribution in [1.29, 1.82) is 0 Å². The standard InChI is InChI=1S/C12H13Cl2NO3S/c13-11-4-2-1-3-10(11)7-15-6-9(5-12(15)16)8-19(14,17)18/h1-4,9H,5-8H2. The Labute approximate surface area is 121 Å². The lowest BCUT2D eigenvalue weighted by molar-refractivity contribution is -0.128. The molecule has 0 radical (unpaired) electrons. The van der Waals surface area contributed by atoms with Crippen LogP contribution in [-0.4, -0.2) is 31.5 Å². The molecule has 0 aliphatic carbocycles. The second-order valence-corrected chi connectivity index (χ2v) is 7.87. The van der Waals surface area contributed by atoms with E-state index in [4.69, 9.17) is 22.3 Å². The molecule has 19 heavy (non-hydrogen) atoms. The Balaban J connectivity index is 2.03. The first-order valence-corrected chi connectivity index (χ1v) is 8.64. The number of hydrogen-bond acceptors (Lipinski definition) is 3. The zero-order chi connectivity index (χ0) is 14.0. The van der Waals surface area contributed by atoms with Gasteiger partial charge in [-0.3, -0.25) is 4.79 Å². The molecule has 7 heteroatoms. The Morgan fingerprint density at radius 2 is 2.00 bits per heavy atom. The summed E-state index contributed by atoms with van der Waals surface area (Å²) < 4.78 is 22.1. The van der Waals surface area contributed by atoms with Crippen molar-refractivity contribution in [2.75, 3.05) is 12.3 Å². The van der Waals surface area contributed by atoms with Crippen LogP contribution in [0.1, 0.15) is 12.0 Å². The highest BCUT2D eigenvalue weighted by atomic mass is 35.7. The zero-order valence-corrected chi connectivity index (χ0v) is 12.4. The van der Waals surface area contributed by atoms with Crippen LogP contribution in [0.25, 0.3) is 0 Å². The number of halogens is 2. The van der Waals surface area contributed by atoms with Crippen molar-refractivity contribution in [1.82, 2.24) is 4.90 Å². The maximum Gasteiger partial charge on any atom is 0.232 e. The van der Waals surface area contributed by atoms with E-state index >= 15 is 0 Å². The molecule has 1 aromatic rings. The lowest BCUT2D eigenvalue weighted by Gasteiger charge is -2.17. The van der Waals surface area contributed by atoms with Gasteiger partial charge in [-0.1, -0.05) is 29.8 Å². The molecule has 1 atom stereocenters. The van der Waals surface area contributed by atoms with Crippen LogP contribution in [-0.2, 0) is 20.4 Å². The minimum Gasteiger partial charge on any atom is -0.338 e. The molecule has 4 nitrogen and oxygen atoms in total. The Morgan fingerprint density at radius 1 is 1.32 bits per heavy atom. The van der Waals surface area contributed by atoms with E-state index in [1.165, 1.54) is 0 Å². The largest absolute Gasteiger partial charge is 0.338 e. The summed E-state index contributed by atoms with van der Waals surface area (Å²) in [6.07, 6.45) is 0.219. The van der Waals surface area contributed by atoms with Gasteiger partial charge in [-0.2, -0.15) is 0 Å². The number of amides is 1. The first kappa shape index (κ1) is 14.6. The molecule has 1 fully saturated rings. The topological polar surface area (TPSA) is 54.5 Å². The predicted molar refractivity (Wildman–Crippen MR) is 74.6 cm³/mol. The van der Waals surface area contributed by atoms with Crippen LogP contribution in [0.4, 0.5) is 0 Å². The summed E-state index contributed by atoms with van der Waals surface area (Å²) in [6, 6.07) is 7.28. The summed E-state index contributed by atoms with van der Waals surface area (Å²) in [5.41, 5.74) is 0.854. The smallest absolute Gasteiger partial charge is 0.232 e. The van der Waals surface area contributed by atoms with Crippen molar-refractivity contribution in [2.45, 2.75) is 13.0 Å². The molecular weight excluding hydrogens is 309 g/mol. The fourth-order valence-corrected chi connectivity index (χ4v) is 3.75. The Hall–Kier alpha value is -0.780. The van der Waals surface area contributed by atoms with Crippen molar-refractivity contribution >= 4 is 37.2 Å². The van der Waals surface area contributed by atoms with Crippen molar-refractivity contribution in [2.24, 2.45) is 5.92 Å². The fraction of sp³-hybridized carbons (Fsp3) is 0.417. The molecule has 1 amide bonds. The van der Waals surface area contributed by atoms with Crippen LogP contribution >= 0.6 is 22.3 Å². The van der Waals surface area contributed by atoms with E-state index in [1.54, 1.807) is 11.0 Å². The minimum absolute atomic E-state index is 0.0646. The van der Waals surface area contributed by atoms with Crippen LogP contribution in [0.5, 0.6) is 0 Å². The molecule has 1 heterocycles. The average Bonchev–Trinajstić information content (AvgIpc) is 2.60. The molecule has 2 rings (SSSR count). The van der Waals surface area contributed by atoms with E-state index < -0.39 is 9.05 Å². The summed E-state index contributed by atoms with van der Waals surface area (Å²) in [5, 5.41) is 0.601. The van der Waals surface area contributed by atoms with Gasteiger partial charge in [0.15, 0.2) is 0 Å². The first-order chi connectivity index (χ1) is 8.85. The van der Waals surface area contributed by atoms with E-state index in [1.807, 2.05) is 18.2 Å². The van der Waals surface area contributed by atoms with Gasteiger partial charge in [0.2, 0.25) is 15.0 Å². The summed E-state index contributed by atoms with van der Waals surface area (Å²) >= 11 is 6.04. The molecule has 1 aromatic carbocycles. The van der Waals surface area contributed by atoms with Gasteiger partial charge in [0.05, 0.1) is 5.75 Å². The summed E-state index contributed by atoms with van der Waals surface area (Å²) in [5.74, 6) is -0.470. The van der Waals surface area contributed by atoms with Crippen molar-refractivity contribution < 1.29 is 13.2 Å². The fourth-order valence-electron chi connectivity index (χ4n) is 2.23. The van der Waals surface area contributed by atoms with Gasteiger partial charge in [-0.25, -0.2) is 8.42 Å². The molecule has 0 N–H and O–H groups in total. The highest BCUT2D eigenvalue weighted by molar-refractivity contribution is 8.13. The van der Waals surface area contributed by atoms with E-state index in [0.29, 0.717) is 18.1 Å². The monoisotopic (exact) mass is 321 g/mol. The molecule has 1 unspecified atom stereocenters. The van der Waals surface area contributed by atoms with Crippen LogP contribution in [0.15, 0.2) is 24.3 Å². The SMILES string of the molecule is O=C1CC(CS(=O)(=O)Cl)CN1Cc1ccccc1Cl. The molecule has 0 bridgehead atoms. The van der Waals surface area contributed by atoms with Crippen molar-refractivity contribution in [3.63, 3.8) is 0 Å². The molecule has 0 spiro atoms. The number of carbonyl (C=O) groups is 1. The third-order valence-corrected chi connectivity index (χ3v) is 4.66. The van der Waals surface area contributed by atoms with E-state index in [2.05, 4.69) is 0 Å². The number of rotatable bonds is 4. The maximum absolute atomic E-state index is 11.8. The predicted octanol–water partition coefficient (Wildman–Crippen LogP) is 2.26. The first-order valence-electron chi connectivity index (χ1n) is 5.78. The van der Waals surface area contributed by atoms with Crippen molar-refractivity contribution in [3.8, 4) is 0 Å². The van der Waals surface area contributed by atoms with E-state index in [9.17, 15) is 13.2 Å².